The first kappa shape index (κ1) is 17.0. The minimum absolute atomic E-state index is 0.117. The molecule has 0 unspecified atom stereocenters. The van der Waals surface area contributed by atoms with Crippen molar-refractivity contribution in [1.29, 1.82) is 0 Å². The van der Waals surface area contributed by atoms with Crippen LogP contribution in [-0.4, -0.2) is 43.7 Å². The molecule has 3 heterocycles. The number of nitrogens with zero attached hydrogens (tertiary/aromatic N) is 4. The van der Waals surface area contributed by atoms with Crippen LogP contribution >= 0.6 is 11.3 Å². The van der Waals surface area contributed by atoms with Crippen LogP contribution in [0.15, 0.2) is 4.52 Å². The number of aliphatic hydroxyl groups excluding tert-OH is 1. The van der Waals surface area contributed by atoms with Gasteiger partial charge in [-0.2, -0.15) is 4.98 Å². The van der Waals surface area contributed by atoms with Gasteiger partial charge in [-0.1, -0.05) is 19.0 Å². The molecule has 0 saturated carbocycles. The topological polar surface area (TPSA) is 92.4 Å². The average Bonchev–Trinajstić information content (AvgIpc) is 3.17. The molecule has 1 aliphatic rings. The number of thiazole rings is 1. The van der Waals surface area contributed by atoms with Crippen molar-refractivity contribution < 1.29 is 14.4 Å². The second kappa shape index (κ2) is 6.60. The molecule has 0 radical (unpaired) electrons. The summed E-state index contributed by atoms with van der Waals surface area (Å²) in [4.78, 5) is 24.1. The Balaban J connectivity index is 1.90. The van der Waals surface area contributed by atoms with Crippen LogP contribution in [0.25, 0.3) is 0 Å². The fourth-order valence-electron chi connectivity index (χ4n) is 3.01. The number of β-amino-alcohol motifs (C(OH)–C–C–N with tert-alkyl or cyclic N) is 1. The van der Waals surface area contributed by atoms with Gasteiger partial charge in [-0.05, 0) is 26.2 Å². The number of hydrogen-bond donors (Lipinski definition) is 1. The summed E-state index contributed by atoms with van der Waals surface area (Å²) in [7, 11) is 0. The number of aliphatic hydroxyl groups is 1. The van der Waals surface area contributed by atoms with Crippen molar-refractivity contribution in [3.8, 4) is 0 Å². The molecule has 24 heavy (non-hydrogen) atoms. The number of hydrogen-bond acceptors (Lipinski definition) is 7. The molecule has 0 bridgehead atoms. The summed E-state index contributed by atoms with van der Waals surface area (Å²) in [5, 5.41) is 14.7. The summed E-state index contributed by atoms with van der Waals surface area (Å²) < 4.78 is 5.23. The minimum Gasteiger partial charge on any atom is -0.391 e. The molecule has 1 saturated heterocycles. The van der Waals surface area contributed by atoms with Crippen LogP contribution in [0.1, 0.15) is 58.4 Å². The molecule has 130 valence electrons. The normalized spacial score (nSPS) is 21.0. The predicted octanol–water partition coefficient (Wildman–Crippen LogP) is 2.29. The quantitative estimate of drug-likeness (QED) is 0.909. The summed E-state index contributed by atoms with van der Waals surface area (Å²) >= 11 is 1.40. The van der Waals surface area contributed by atoms with Crippen molar-refractivity contribution in [2.24, 2.45) is 5.92 Å². The summed E-state index contributed by atoms with van der Waals surface area (Å²) in [6.45, 7) is 8.11. The minimum atomic E-state index is -0.589. The van der Waals surface area contributed by atoms with Crippen molar-refractivity contribution >= 4 is 17.2 Å². The number of carbonyl (C=O) groups is 1. The van der Waals surface area contributed by atoms with E-state index >= 15 is 0 Å². The number of aromatic nitrogens is 3. The highest BCUT2D eigenvalue weighted by Crippen LogP contribution is 2.34. The number of amides is 1. The van der Waals surface area contributed by atoms with E-state index in [1.54, 1.807) is 11.8 Å². The van der Waals surface area contributed by atoms with Gasteiger partial charge < -0.3 is 14.5 Å². The molecular weight excluding hydrogens is 328 g/mol. The van der Waals surface area contributed by atoms with Gasteiger partial charge in [0.15, 0.2) is 5.82 Å². The van der Waals surface area contributed by atoms with Gasteiger partial charge in [0.05, 0.1) is 16.8 Å². The molecule has 0 spiro atoms. The fourth-order valence-corrected chi connectivity index (χ4v) is 3.92. The molecule has 1 N–H and O–H groups in total. The third-order valence-corrected chi connectivity index (χ3v) is 4.97. The maximum Gasteiger partial charge on any atom is 0.266 e. The largest absolute Gasteiger partial charge is 0.391 e. The molecule has 1 fully saturated rings. The molecule has 1 aliphatic heterocycles. The highest BCUT2D eigenvalue weighted by molar-refractivity contribution is 7.13. The predicted molar refractivity (Wildman–Crippen MR) is 88.8 cm³/mol. The number of carbonyl (C=O) groups excluding carboxylic acids is 1. The Hall–Kier alpha value is -1.80. The SMILES string of the molecule is Cc1noc([C@H]2C[C@H](O)CN2C(=O)c2sc(C)nc2CC(C)C)n1. The number of aryl methyl sites for hydroxylation is 2. The van der Waals surface area contributed by atoms with Gasteiger partial charge in [0, 0.05) is 13.0 Å². The van der Waals surface area contributed by atoms with E-state index < -0.39 is 6.10 Å². The lowest BCUT2D eigenvalue weighted by atomic mass is 10.1. The second-order valence-corrected chi connectivity index (χ2v) is 7.85. The van der Waals surface area contributed by atoms with E-state index in [1.807, 2.05) is 6.92 Å². The molecule has 0 aliphatic carbocycles. The first-order chi connectivity index (χ1) is 11.3. The van der Waals surface area contributed by atoms with E-state index in [0.29, 0.717) is 28.9 Å². The van der Waals surface area contributed by atoms with Gasteiger partial charge in [-0.15, -0.1) is 11.3 Å². The van der Waals surface area contributed by atoms with E-state index in [0.717, 1.165) is 17.1 Å². The lowest BCUT2D eigenvalue weighted by Gasteiger charge is -2.21. The maximum absolute atomic E-state index is 13.1. The summed E-state index contributed by atoms with van der Waals surface area (Å²) in [5.74, 6) is 1.20. The molecule has 3 rings (SSSR count). The van der Waals surface area contributed by atoms with E-state index in [4.69, 9.17) is 4.52 Å². The van der Waals surface area contributed by atoms with Crippen LogP contribution in [0.2, 0.25) is 0 Å². The number of likely N-dealkylation sites (tertiary alicyclic amines) is 1. The third-order valence-electron chi connectivity index (χ3n) is 3.97. The van der Waals surface area contributed by atoms with E-state index in [2.05, 4.69) is 29.0 Å². The molecule has 0 aromatic carbocycles. The molecule has 7 nitrogen and oxygen atoms in total. The number of rotatable bonds is 4. The standard InChI is InChI=1S/C16H22N4O3S/c1-8(2)5-12-14(24-10(4)18-12)16(22)20-7-11(21)6-13(20)15-17-9(3)19-23-15/h8,11,13,21H,5-7H2,1-4H3/t11-,13+/m0/s1. The van der Waals surface area contributed by atoms with Gasteiger partial charge in [-0.3, -0.25) is 4.79 Å². The van der Waals surface area contributed by atoms with Crippen molar-refractivity contribution in [2.45, 2.75) is 52.7 Å². The molecule has 2 aromatic heterocycles. The molecule has 8 heteroatoms. The van der Waals surface area contributed by atoms with Gasteiger partial charge >= 0.3 is 0 Å². The Morgan fingerprint density at radius 2 is 2.17 bits per heavy atom. The molecular formula is C16H22N4O3S. The Bertz CT molecular complexity index is 740. The van der Waals surface area contributed by atoms with Crippen LogP contribution < -0.4 is 0 Å². The van der Waals surface area contributed by atoms with Crippen LogP contribution in [0.5, 0.6) is 0 Å². The van der Waals surface area contributed by atoms with Gasteiger partial charge in [0.2, 0.25) is 5.89 Å². The van der Waals surface area contributed by atoms with Crippen LogP contribution in [-0.2, 0) is 6.42 Å². The fraction of sp³-hybridized carbons (Fsp3) is 0.625. The Morgan fingerprint density at radius 3 is 2.79 bits per heavy atom. The van der Waals surface area contributed by atoms with Crippen LogP contribution in [0, 0.1) is 19.8 Å². The smallest absolute Gasteiger partial charge is 0.266 e. The monoisotopic (exact) mass is 350 g/mol. The van der Waals surface area contributed by atoms with Gasteiger partial charge in [0.1, 0.15) is 10.9 Å². The Labute approximate surface area is 144 Å². The summed E-state index contributed by atoms with van der Waals surface area (Å²) in [6.07, 6.45) is 0.574. The van der Waals surface area contributed by atoms with Crippen molar-refractivity contribution in [1.82, 2.24) is 20.0 Å². The molecule has 1 amide bonds. The van der Waals surface area contributed by atoms with Gasteiger partial charge in [0.25, 0.3) is 5.91 Å². The van der Waals surface area contributed by atoms with E-state index in [9.17, 15) is 9.90 Å². The Kier molecular flexibility index (Phi) is 4.69. The Morgan fingerprint density at radius 1 is 1.42 bits per heavy atom. The summed E-state index contributed by atoms with van der Waals surface area (Å²) in [5.41, 5.74) is 0.833. The maximum atomic E-state index is 13.1. The zero-order valence-electron chi connectivity index (χ0n) is 14.3. The van der Waals surface area contributed by atoms with Crippen molar-refractivity contribution in [2.75, 3.05) is 6.54 Å². The first-order valence-corrected chi connectivity index (χ1v) is 8.92. The average molecular weight is 350 g/mol. The van der Waals surface area contributed by atoms with E-state index in [1.165, 1.54) is 11.3 Å². The molecule has 2 atom stereocenters. The van der Waals surface area contributed by atoms with Crippen molar-refractivity contribution in [3.63, 3.8) is 0 Å². The van der Waals surface area contributed by atoms with Crippen LogP contribution in [0.3, 0.4) is 0 Å². The summed E-state index contributed by atoms with van der Waals surface area (Å²) in [6, 6.07) is -0.386. The highest BCUT2D eigenvalue weighted by Gasteiger charge is 2.40. The lowest BCUT2D eigenvalue weighted by Crippen LogP contribution is -2.32. The second-order valence-electron chi connectivity index (χ2n) is 6.65. The lowest BCUT2D eigenvalue weighted by molar-refractivity contribution is 0.0697. The van der Waals surface area contributed by atoms with Crippen LogP contribution in [0.4, 0.5) is 0 Å². The van der Waals surface area contributed by atoms with E-state index in [-0.39, 0.29) is 18.5 Å². The first-order valence-electron chi connectivity index (χ1n) is 8.10. The van der Waals surface area contributed by atoms with Gasteiger partial charge in [-0.25, -0.2) is 4.98 Å². The third kappa shape index (κ3) is 3.34. The molecule has 2 aromatic rings. The van der Waals surface area contributed by atoms with Crippen molar-refractivity contribution in [3.05, 3.63) is 27.3 Å². The zero-order valence-corrected chi connectivity index (χ0v) is 15.1. The highest BCUT2D eigenvalue weighted by atomic mass is 32.1. The zero-order chi connectivity index (χ0) is 17.4.